The van der Waals surface area contributed by atoms with Gasteiger partial charge in [-0.3, -0.25) is 19.3 Å². The lowest BCUT2D eigenvalue weighted by Crippen LogP contribution is -2.38. The molecule has 0 saturated heterocycles. The van der Waals surface area contributed by atoms with Gasteiger partial charge in [0.25, 0.3) is 11.8 Å². The number of rotatable bonds is 9. The van der Waals surface area contributed by atoms with Crippen molar-refractivity contribution in [1.82, 2.24) is 10.3 Å². The quantitative estimate of drug-likeness (QED) is 0.567. The van der Waals surface area contributed by atoms with Crippen LogP contribution in [0, 0.1) is 0 Å². The highest BCUT2D eigenvalue weighted by molar-refractivity contribution is 7.11. The summed E-state index contributed by atoms with van der Waals surface area (Å²) in [6.07, 6.45) is -2.96. The highest BCUT2D eigenvalue weighted by atomic mass is 32.1. The van der Waals surface area contributed by atoms with Crippen LogP contribution in [0.1, 0.15) is 38.9 Å². The maximum atomic E-state index is 12.4. The van der Waals surface area contributed by atoms with Crippen LogP contribution in [-0.4, -0.2) is 47.5 Å². The topological polar surface area (TPSA) is 101 Å². The summed E-state index contributed by atoms with van der Waals surface area (Å²) in [5.41, 5.74) is 2.96. The Morgan fingerprint density at radius 3 is 2.66 bits per heavy atom. The smallest absolute Gasteiger partial charge is 0.394 e. The molecule has 29 heavy (non-hydrogen) atoms. The van der Waals surface area contributed by atoms with Gasteiger partial charge in [0.1, 0.15) is 4.88 Å². The molecule has 158 valence electrons. The summed E-state index contributed by atoms with van der Waals surface area (Å²) < 4.78 is 39.8. The van der Waals surface area contributed by atoms with Gasteiger partial charge in [-0.1, -0.05) is 13.0 Å². The van der Waals surface area contributed by atoms with Gasteiger partial charge in [-0.15, -0.1) is 24.5 Å². The number of halogens is 3. The molecule has 1 aromatic heterocycles. The summed E-state index contributed by atoms with van der Waals surface area (Å²) in [5, 5.41) is 14.5. The number of benzene rings is 1. The van der Waals surface area contributed by atoms with E-state index in [1.807, 2.05) is 6.92 Å². The summed E-state index contributed by atoms with van der Waals surface area (Å²) >= 11 is 1.17. The lowest BCUT2D eigenvalue weighted by atomic mass is 10.1. The fourth-order valence-corrected chi connectivity index (χ4v) is 2.96. The summed E-state index contributed by atoms with van der Waals surface area (Å²) in [4.78, 5) is 29.0. The number of nitrogens with zero attached hydrogens (tertiary/aromatic N) is 1. The molecule has 7 nitrogen and oxygen atoms in total. The van der Waals surface area contributed by atoms with Crippen LogP contribution in [-0.2, 0) is 11.2 Å². The van der Waals surface area contributed by atoms with E-state index in [9.17, 15) is 27.9 Å². The third-order valence-corrected chi connectivity index (χ3v) is 4.72. The largest absolute Gasteiger partial charge is 0.522 e. The number of amides is 2. The van der Waals surface area contributed by atoms with E-state index in [2.05, 4.69) is 20.4 Å². The first-order valence-corrected chi connectivity index (χ1v) is 9.56. The second-order valence-electron chi connectivity index (χ2n) is 5.98. The van der Waals surface area contributed by atoms with E-state index < -0.39 is 31.5 Å². The van der Waals surface area contributed by atoms with Crippen molar-refractivity contribution in [2.24, 2.45) is 0 Å². The fourth-order valence-electron chi connectivity index (χ4n) is 2.45. The number of aliphatic hydroxyl groups is 1. The Labute approximate surface area is 168 Å². The Kier molecular flexibility index (Phi) is 8.11. The maximum absolute atomic E-state index is 12.4. The van der Waals surface area contributed by atoms with Crippen molar-refractivity contribution in [3.8, 4) is 0 Å². The number of aromatic nitrogens is 1. The van der Waals surface area contributed by atoms with Crippen molar-refractivity contribution in [2.45, 2.75) is 32.2 Å². The Bertz CT molecular complexity index is 828. The van der Waals surface area contributed by atoms with Gasteiger partial charge in [0.2, 0.25) is 0 Å². The van der Waals surface area contributed by atoms with E-state index in [0.29, 0.717) is 17.0 Å². The molecule has 0 unspecified atom stereocenters. The number of nitrogens with one attached hydrogen (secondary N) is 2. The second kappa shape index (κ2) is 10.3. The zero-order valence-electron chi connectivity index (χ0n) is 15.5. The Morgan fingerprint density at radius 2 is 2.07 bits per heavy atom. The molecule has 0 aliphatic heterocycles. The molecule has 0 radical (unpaired) electrons. The minimum absolute atomic E-state index is 0.192. The molecular weight excluding hydrogens is 411 g/mol. The van der Waals surface area contributed by atoms with Gasteiger partial charge < -0.3 is 15.7 Å². The monoisotopic (exact) mass is 431 g/mol. The SMILES string of the molecule is CCc1ccc(C(=O)N[C@H](CO)CCOC(F)(F)F)cc1NC(=O)c1cncs1. The minimum atomic E-state index is -4.77. The van der Waals surface area contributed by atoms with Gasteiger partial charge in [-0.05, 0) is 30.5 Å². The number of aryl methyl sites for hydroxylation is 1. The molecule has 0 spiro atoms. The van der Waals surface area contributed by atoms with Gasteiger partial charge in [0.05, 0.1) is 31.0 Å². The molecule has 1 atom stereocenters. The third-order valence-electron chi connectivity index (χ3n) is 3.94. The van der Waals surface area contributed by atoms with Crippen molar-refractivity contribution in [3.63, 3.8) is 0 Å². The first-order chi connectivity index (χ1) is 13.7. The van der Waals surface area contributed by atoms with E-state index in [-0.39, 0.29) is 17.9 Å². The molecule has 11 heteroatoms. The number of aliphatic hydroxyl groups excluding tert-OH is 1. The van der Waals surface area contributed by atoms with Crippen LogP contribution in [0.25, 0.3) is 0 Å². The molecular formula is C18H20F3N3O4S. The van der Waals surface area contributed by atoms with Crippen molar-refractivity contribution >= 4 is 28.8 Å². The van der Waals surface area contributed by atoms with Crippen molar-refractivity contribution < 1.29 is 32.6 Å². The third kappa shape index (κ3) is 7.11. The average molecular weight is 431 g/mol. The summed E-state index contributed by atoms with van der Waals surface area (Å²) in [6, 6.07) is 3.79. The number of ether oxygens (including phenoxy) is 1. The molecule has 3 N–H and O–H groups in total. The second-order valence-corrected chi connectivity index (χ2v) is 6.87. The van der Waals surface area contributed by atoms with E-state index in [1.54, 1.807) is 6.07 Å². The molecule has 1 aromatic carbocycles. The summed E-state index contributed by atoms with van der Waals surface area (Å²) in [5.74, 6) is -0.954. The van der Waals surface area contributed by atoms with E-state index in [1.165, 1.54) is 35.2 Å². The molecule has 2 rings (SSSR count). The number of alkyl halides is 3. The fraction of sp³-hybridized carbons (Fsp3) is 0.389. The zero-order chi connectivity index (χ0) is 21.4. The predicted molar refractivity (Wildman–Crippen MR) is 101 cm³/mol. The van der Waals surface area contributed by atoms with Gasteiger partial charge in [0.15, 0.2) is 0 Å². The molecule has 1 heterocycles. The average Bonchev–Trinajstić information content (AvgIpc) is 3.21. The first-order valence-electron chi connectivity index (χ1n) is 8.68. The maximum Gasteiger partial charge on any atom is 0.522 e. The number of hydrogen-bond donors (Lipinski definition) is 3. The number of thiazole rings is 1. The van der Waals surface area contributed by atoms with Gasteiger partial charge in [0, 0.05) is 11.3 Å². The highest BCUT2D eigenvalue weighted by Gasteiger charge is 2.29. The molecule has 0 aliphatic carbocycles. The predicted octanol–water partition coefficient (Wildman–Crippen LogP) is 2.98. The van der Waals surface area contributed by atoms with Gasteiger partial charge in [-0.25, -0.2) is 0 Å². The lowest BCUT2D eigenvalue weighted by Gasteiger charge is -2.18. The van der Waals surface area contributed by atoms with Gasteiger partial charge >= 0.3 is 6.36 Å². The molecule has 0 bridgehead atoms. The summed E-state index contributed by atoms with van der Waals surface area (Å²) in [7, 11) is 0. The lowest BCUT2D eigenvalue weighted by molar-refractivity contribution is -0.325. The molecule has 0 fully saturated rings. The molecule has 0 aliphatic rings. The van der Waals surface area contributed by atoms with Crippen molar-refractivity contribution in [2.75, 3.05) is 18.5 Å². The van der Waals surface area contributed by atoms with E-state index in [0.717, 1.165) is 5.56 Å². The standard InChI is InChI=1S/C18H20F3N3O4S/c1-2-11-3-4-12(7-14(11)24-17(27)15-8-22-10-29-15)16(26)23-13(9-25)5-6-28-18(19,20)21/h3-4,7-8,10,13,25H,2,5-6,9H2,1H3,(H,23,26)(H,24,27)/t13-/m0/s1. The Balaban J connectivity index is 2.06. The van der Waals surface area contributed by atoms with Crippen molar-refractivity contribution in [1.29, 1.82) is 0 Å². The minimum Gasteiger partial charge on any atom is -0.394 e. The number of anilines is 1. The molecule has 0 saturated carbocycles. The normalized spacial score (nSPS) is 12.4. The Hall–Kier alpha value is -2.50. The van der Waals surface area contributed by atoms with Crippen LogP contribution in [0.3, 0.4) is 0 Å². The molecule has 2 aromatic rings. The Morgan fingerprint density at radius 1 is 1.31 bits per heavy atom. The van der Waals surface area contributed by atoms with Crippen LogP contribution in [0.5, 0.6) is 0 Å². The van der Waals surface area contributed by atoms with E-state index in [4.69, 9.17) is 0 Å². The first kappa shape index (κ1) is 22.8. The number of hydrogen-bond acceptors (Lipinski definition) is 6. The van der Waals surface area contributed by atoms with E-state index >= 15 is 0 Å². The van der Waals surface area contributed by atoms with Crippen LogP contribution in [0.4, 0.5) is 18.9 Å². The highest BCUT2D eigenvalue weighted by Crippen LogP contribution is 2.21. The number of carbonyl (C=O) groups is 2. The van der Waals surface area contributed by atoms with Crippen LogP contribution < -0.4 is 10.6 Å². The van der Waals surface area contributed by atoms with Gasteiger partial charge in [-0.2, -0.15) is 0 Å². The van der Waals surface area contributed by atoms with Crippen molar-refractivity contribution in [3.05, 3.63) is 45.9 Å². The summed E-state index contributed by atoms with van der Waals surface area (Å²) in [6.45, 7) is 0.648. The van der Waals surface area contributed by atoms with Crippen LogP contribution in [0.15, 0.2) is 29.9 Å². The number of carbonyl (C=O) groups excluding carboxylic acids is 2. The zero-order valence-corrected chi connectivity index (χ0v) is 16.3. The molecule has 2 amide bonds. The van der Waals surface area contributed by atoms with Crippen LogP contribution in [0.2, 0.25) is 0 Å². The van der Waals surface area contributed by atoms with Crippen LogP contribution >= 0.6 is 11.3 Å².